The number of ether oxygens (including phenoxy) is 2. The van der Waals surface area contributed by atoms with Gasteiger partial charge in [0, 0.05) is 16.3 Å². The maximum absolute atomic E-state index is 6.15. The second-order valence-corrected chi connectivity index (χ2v) is 5.97. The molecular formula is C15H14ClNO2S. The molecule has 1 unspecified atom stereocenters. The van der Waals surface area contributed by atoms with Crippen molar-refractivity contribution in [1.82, 2.24) is 0 Å². The van der Waals surface area contributed by atoms with Crippen molar-refractivity contribution in [3.8, 4) is 11.5 Å². The SMILES string of the molecule is Nc1ccc(Cl)c(SCC2COc3ccccc3O2)c1. The van der Waals surface area contributed by atoms with Gasteiger partial charge in [-0.1, -0.05) is 23.7 Å². The predicted molar refractivity (Wildman–Crippen MR) is 82.9 cm³/mol. The third-order valence-electron chi connectivity index (χ3n) is 2.95. The fraction of sp³-hybridized carbons (Fsp3) is 0.200. The van der Waals surface area contributed by atoms with Crippen LogP contribution in [-0.4, -0.2) is 18.5 Å². The number of anilines is 1. The maximum atomic E-state index is 6.15. The lowest BCUT2D eigenvalue weighted by molar-refractivity contribution is 0.107. The third-order valence-corrected chi connectivity index (χ3v) is 4.58. The number of thioether (sulfide) groups is 1. The smallest absolute Gasteiger partial charge is 0.161 e. The Labute approximate surface area is 127 Å². The number of halogens is 1. The molecule has 3 nitrogen and oxygen atoms in total. The van der Waals surface area contributed by atoms with Gasteiger partial charge >= 0.3 is 0 Å². The summed E-state index contributed by atoms with van der Waals surface area (Å²) in [6.45, 7) is 0.546. The maximum Gasteiger partial charge on any atom is 0.161 e. The fourth-order valence-electron chi connectivity index (χ4n) is 1.96. The van der Waals surface area contributed by atoms with E-state index in [1.165, 1.54) is 0 Å². The van der Waals surface area contributed by atoms with Gasteiger partial charge in [0.25, 0.3) is 0 Å². The van der Waals surface area contributed by atoms with E-state index in [9.17, 15) is 0 Å². The van der Waals surface area contributed by atoms with E-state index in [0.717, 1.165) is 22.1 Å². The zero-order valence-corrected chi connectivity index (χ0v) is 12.3. The van der Waals surface area contributed by atoms with Crippen LogP contribution < -0.4 is 15.2 Å². The minimum atomic E-state index is 0.00685. The van der Waals surface area contributed by atoms with Crippen molar-refractivity contribution in [1.29, 1.82) is 0 Å². The van der Waals surface area contributed by atoms with E-state index in [-0.39, 0.29) is 6.10 Å². The lowest BCUT2D eigenvalue weighted by atomic mass is 10.3. The minimum Gasteiger partial charge on any atom is -0.486 e. The van der Waals surface area contributed by atoms with Crippen LogP contribution in [0.5, 0.6) is 11.5 Å². The Morgan fingerprint density at radius 2 is 2.00 bits per heavy atom. The summed E-state index contributed by atoms with van der Waals surface area (Å²) in [6.07, 6.45) is 0.00685. The van der Waals surface area contributed by atoms with Crippen molar-refractivity contribution in [2.24, 2.45) is 0 Å². The van der Waals surface area contributed by atoms with Crippen molar-refractivity contribution in [2.45, 2.75) is 11.0 Å². The number of benzene rings is 2. The van der Waals surface area contributed by atoms with Crippen LogP contribution in [0.25, 0.3) is 0 Å². The van der Waals surface area contributed by atoms with Gasteiger partial charge in [0.05, 0.1) is 5.02 Å². The Bertz CT molecular complexity index is 621. The number of hydrogen-bond donors (Lipinski definition) is 1. The molecule has 1 aliphatic heterocycles. The van der Waals surface area contributed by atoms with E-state index in [4.69, 9.17) is 26.8 Å². The average molecular weight is 308 g/mol. The number of hydrogen-bond acceptors (Lipinski definition) is 4. The molecule has 0 radical (unpaired) electrons. The Morgan fingerprint density at radius 1 is 1.20 bits per heavy atom. The van der Waals surface area contributed by atoms with E-state index in [0.29, 0.717) is 17.3 Å². The minimum absolute atomic E-state index is 0.00685. The standard InChI is InChI=1S/C15H14ClNO2S/c16-12-6-5-10(17)7-15(12)20-9-11-8-18-13-3-1-2-4-14(13)19-11/h1-7,11H,8-9,17H2. The first kappa shape index (κ1) is 13.5. The first-order valence-corrected chi connectivity index (χ1v) is 7.65. The highest BCUT2D eigenvalue weighted by molar-refractivity contribution is 7.99. The number of nitrogens with two attached hydrogens (primary N) is 1. The molecule has 0 saturated carbocycles. The highest BCUT2D eigenvalue weighted by Gasteiger charge is 2.20. The van der Waals surface area contributed by atoms with Crippen molar-refractivity contribution in [3.05, 3.63) is 47.5 Å². The van der Waals surface area contributed by atoms with Crippen LogP contribution in [0, 0.1) is 0 Å². The average Bonchev–Trinajstić information content (AvgIpc) is 2.48. The Morgan fingerprint density at radius 3 is 2.85 bits per heavy atom. The van der Waals surface area contributed by atoms with Crippen LogP contribution in [0.2, 0.25) is 5.02 Å². The summed E-state index contributed by atoms with van der Waals surface area (Å²) in [4.78, 5) is 0.967. The van der Waals surface area contributed by atoms with Crippen molar-refractivity contribution < 1.29 is 9.47 Å². The Balaban J connectivity index is 1.64. The molecule has 2 aromatic carbocycles. The second-order valence-electron chi connectivity index (χ2n) is 4.50. The highest BCUT2D eigenvalue weighted by atomic mass is 35.5. The molecule has 0 aliphatic carbocycles. The summed E-state index contributed by atoms with van der Waals surface area (Å²) in [5.74, 6) is 2.36. The van der Waals surface area contributed by atoms with Gasteiger partial charge < -0.3 is 15.2 Å². The van der Waals surface area contributed by atoms with Crippen molar-refractivity contribution in [2.75, 3.05) is 18.1 Å². The Hall–Kier alpha value is -1.52. The largest absolute Gasteiger partial charge is 0.486 e. The molecule has 0 saturated heterocycles. The molecule has 1 aliphatic rings. The van der Waals surface area contributed by atoms with Gasteiger partial charge in [0.1, 0.15) is 12.7 Å². The van der Waals surface area contributed by atoms with Crippen LogP contribution >= 0.6 is 23.4 Å². The van der Waals surface area contributed by atoms with E-state index < -0.39 is 0 Å². The van der Waals surface area contributed by atoms with E-state index in [2.05, 4.69) is 0 Å². The van der Waals surface area contributed by atoms with Gasteiger partial charge in [-0.05, 0) is 30.3 Å². The Kier molecular flexibility index (Phi) is 3.94. The molecule has 1 heterocycles. The van der Waals surface area contributed by atoms with Gasteiger partial charge in [-0.3, -0.25) is 0 Å². The molecule has 3 rings (SSSR count). The van der Waals surface area contributed by atoms with Gasteiger partial charge in [0.15, 0.2) is 11.5 Å². The number of nitrogen functional groups attached to an aromatic ring is 1. The molecule has 1 atom stereocenters. The highest BCUT2D eigenvalue weighted by Crippen LogP contribution is 2.34. The number of fused-ring (bicyclic) bond motifs is 1. The monoisotopic (exact) mass is 307 g/mol. The van der Waals surface area contributed by atoms with Crippen LogP contribution in [0.15, 0.2) is 47.4 Å². The molecule has 2 N–H and O–H groups in total. The molecule has 0 bridgehead atoms. The summed E-state index contributed by atoms with van der Waals surface area (Å²) in [5, 5.41) is 0.710. The van der Waals surface area contributed by atoms with E-state index >= 15 is 0 Å². The quantitative estimate of drug-likeness (QED) is 0.691. The van der Waals surface area contributed by atoms with Gasteiger partial charge in [0.2, 0.25) is 0 Å². The molecule has 2 aromatic rings. The molecule has 0 aromatic heterocycles. The zero-order valence-electron chi connectivity index (χ0n) is 10.7. The lowest BCUT2D eigenvalue weighted by Crippen LogP contribution is -2.31. The van der Waals surface area contributed by atoms with Crippen LogP contribution in [0.3, 0.4) is 0 Å². The first-order chi connectivity index (χ1) is 9.72. The topological polar surface area (TPSA) is 44.5 Å². The predicted octanol–water partition coefficient (Wildman–Crippen LogP) is 3.85. The van der Waals surface area contributed by atoms with Gasteiger partial charge in [-0.2, -0.15) is 0 Å². The van der Waals surface area contributed by atoms with E-state index in [1.807, 2.05) is 36.4 Å². The van der Waals surface area contributed by atoms with Crippen LogP contribution in [-0.2, 0) is 0 Å². The lowest BCUT2D eigenvalue weighted by Gasteiger charge is -2.26. The van der Waals surface area contributed by atoms with Crippen molar-refractivity contribution >= 4 is 29.1 Å². The molecule has 104 valence electrons. The second kappa shape index (κ2) is 5.85. The fourth-order valence-corrected chi connectivity index (χ4v) is 3.19. The first-order valence-electron chi connectivity index (χ1n) is 6.28. The van der Waals surface area contributed by atoms with E-state index in [1.54, 1.807) is 17.8 Å². The number of rotatable bonds is 3. The zero-order chi connectivity index (χ0) is 13.9. The number of para-hydroxylation sites is 2. The molecule has 5 heteroatoms. The summed E-state index contributed by atoms with van der Waals surface area (Å²) in [6, 6.07) is 13.2. The molecule has 0 amide bonds. The van der Waals surface area contributed by atoms with Gasteiger partial charge in [-0.25, -0.2) is 0 Å². The summed E-state index contributed by atoms with van der Waals surface area (Å²) < 4.78 is 11.6. The molecular weight excluding hydrogens is 294 g/mol. The summed E-state index contributed by atoms with van der Waals surface area (Å²) in [7, 11) is 0. The third kappa shape index (κ3) is 2.97. The molecule has 0 fully saturated rings. The van der Waals surface area contributed by atoms with Crippen LogP contribution in [0.4, 0.5) is 5.69 Å². The normalized spacial score (nSPS) is 16.9. The summed E-state index contributed by atoms with van der Waals surface area (Å²) >= 11 is 7.77. The molecule has 20 heavy (non-hydrogen) atoms. The van der Waals surface area contributed by atoms with Crippen molar-refractivity contribution in [3.63, 3.8) is 0 Å². The van der Waals surface area contributed by atoms with Crippen LogP contribution in [0.1, 0.15) is 0 Å². The summed E-state index contributed by atoms with van der Waals surface area (Å²) in [5.41, 5.74) is 6.48. The van der Waals surface area contributed by atoms with Gasteiger partial charge in [-0.15, -0.1) is 11.8 Å². The molecule has 0 spiro atoms.